The van der Waals surface area contributed by atoms with E-state index in [4.69, 9.17) is 16.3 Å². The van der Waals surface area contributed by atoms with Crippen molar-refractivity contribution in [1.29, 1.82) is 0 Å². The van der Waals surface area contributed by atoms with E-state index in [0.29, 0.717) is 11.7 Å². The molecule has 0 spiro atoms. The lowest BCUT2D eigenvalue weighted by molar-refractivity contribution is 0.0899. The number of benzene rings is 1. The van der Waals surface area contributed by atoms with Crippen LogP contribution in [-0.4, -0.2) is 39.3 Å². The van der Waals surface area contributed by atoms with E-state index in [1.165, 1.54) is 12.1 Å². The van der Waals surface area contributed by atoms with Crippen molar-refractivity contribution >= 4 is 33.2 Å². The Bertz CT molecular complexity index is 687. The van der Waals surface area contributed by atoms with Crippen LogP contribution in [0.1, 0.15) is 43.0 Å². The summed E-state index contributed by atoms with van der Waals surface area (Å²) in [5, 5.41) is 3.15. The normalized spacial score (nSPS) is 19.0. The van der Waals surface area contributed by atoms with Gasteiger partial charge in [-0.2, -0.15) is 0 Å². The second-order valence-corrected chi connectivity index (χ2v) is 8.31. The van der Waals surface area contributed by atoms with Gasteiger partial charge in [-0.25, -0.2) is 8.42 Å². The summed E-state index contributed by atoms with van der Waals surface area (Å²) in [4.78, 5) is 12.3. The van der Waals surface area contributed by atoms with E-state index in [-0.39, 0.29) is 22.7 Å². The predicted octanol–water partition coefficient (Wildman–Crippen LogP) is 2.79. The van der Waals surface area contributed by atoms with Gasteiger partial charge in [0, 0.05) is 18.2 Å². The number of nitrogens with one attached hydrogen (secondary N) is 2. The van der Waals surface area contributed by atoms with Gasteiger partial charge in [0.15, 0.2) is 0 Å². The van der Waals surface area contributed by atoms with E-state index in [1.807, 2.05) is 6.92 Å². The molecule has 1 saturated heterocycles. The van der Waals surface area contributed by atoms with Gasteiger partial charge in [0.05, 0.1) is 23.1 Å². The minimum absolute atomic E-state index is 0.00342. The Balaban J connectivity index is 1.94. The summed E-state index contributed by atoms with van der Waals surface area (Å²) >= 11 is 5.96. The zero-order valence-electron chi connectivity index (χ0n) is 13.8. The Hall–Kier alpha value is -1.31. The molecule has 1 fully saturated rings. The summed E-state index contributed by atoms with van der Waals surface area (Å²) in [5.41, 5.74) is 0.549. The van der Waals surface area contributed by atoms with Crippen LogP contribution >= 0.6 is 11.6 Å². The Labute approximate surface area is 148 Å². The number of anilines is 1. The zero-order valence-corrected chi connectivity index (χ0v) is 15.4. The molecule has 0 radical (unpaired) electrons. The quantitative estimate of drug-likeness (QED) is 0.768. The van der Waals surface area contributed by atoms with Crippen LogP contribution in [0.2, 0.25) is 5.02 Å². The summed E-state index contributed by atoms with van der Waals surface area (Å²) < 4.78 is 30.6. The third-order valence-electron chi connectivity index (χ3n) is 3.85. The van der Waals surface area contributed by atoms with Gasteiger partial charge in [0.25, 0.3) is 5.91 Å². The second-order valence-electron chi connectivity index (χ2n) is 6.16. The molecule has 1 heterocycles. The fourth-order valence-corrected chi connectivity index (χ4v) is 3.42. The highest BCUT2D eigenvalue weighted by molar-refractivity contribution is 7.92. The Morgan fingerprint density at radius 2 is 2.21 bits per heavy atom. The first-order valence-corrected chi connectivity index (χ1v) is 10.2. The molecule has 0 unspecified atom stereocenters. The number of carbonyl (C=O) groups is 1. The van der Waals surface area contributed by atoms with E-state index >= 15 is 0 Å². The molecule has 0 bridgehead atoms. The lowest BCUT2D eigenvalue weighted by Crippen LogP contribution is -2.33. The Morgan fingerprint density at radius 1 is 1.46 bits per heavy atom. The highest BCUT2D eigenvalue weighted by Crippen LogP contribution is 2.24. The second kappa shape index (κ2) is 8.18. The minimum atomic E-state index is -3.46. The van der Waals surface area contributed by atoms with Crippen LogP contribution in [0.4, 0.5) is 5.69 Å². The van der Waals surface area contributed by atoms with E-state index in [9.17, 15) is 13.2 Å². The Kier molecular flexibility index (Phi) is 6.48. The molecular formula is C16H23ClN2O4S. The van der Waals surface area contributed by atoms with E-state index in [0.717, 1.165) is 38.5 Å². The molecule has 0 aromatic heterocycles. The molecule has 2 atom stereocenters. The number of amides is 1. The van der Waals surface area contributed by atoms with E-state index in [1.54, 1.807) is 6.07 Å². The molecule has 2 N–H and O–H groups in total. The van der Waals surface area contributed by atoms with Crippen molar-refractivity contribution in [3.8, 4) is 0 Å². The maximum atomic E-state index is 12.3. The first-order valence-electron chi connectivity index (χ1n) is 7.94. The first kappa shape index (κ1) is 19.0. The molecular weight excluding hydrogens is 352 g/mol. The third kappa shape index (κ3) is 5.96. The number of halogens is 1. The fourth-order valence-electron chi connectivity index (χ4n) is 2.63. The van der Waals surface area contributed by atoms with Crippen LogP contribution in [0, 0.1) is 0 Å². The monoisotopic (exact) mass is 374 g/mol. The molecule has 1 aromatic rings. The smallest absolute Gasteiger partial charge is 0.251 e. The van der Waals surface area contributed by atoms with E-state index < -0.39 is 10.0 Å². The van der Waals surface area contributed by atoms with Gasteiger partial charge >= 0.3 is 0 Å². The van der Waals surface area contributed by atoms with Crippen molar-refractivity contribution in [3.05, 3.63) is 28.8 Å². The molecule has 1 aromatic carbocycles. The summed E-state index contributed by atoms with van der Waals surface area (Å²) in [6.45, 7) is 2.77. The van der Waals surface area contributed by atoms with Gasteiger partial charge < -0.3 is 10.1 Å². The van der Waals surface area contributed by atoms with Gasteiger partial charge in [-0.05, 0) is 50.8 Å². The predicted molar refractivity (Wildman–Crippen MR) is 95.1 cm³/mol. The van der Waals surface area contributed by atoms with Crippen LogP contribution in [0.25, 0.3) is 0 Å². The van der Waals surface area contributed by atoms with Gasteiger partial charge in [0.1, 0.15) is 0 Å². The van der Waals surface area contributed by atoms with Crippen molar-refractivity contribution < 1.29 is 17.9 Å². The van der Waals surface area contributed by atoms with E-state index in [2.05, 4.69) is 10.0 Å². The van der Waals surface area contributed by atoms with Crippen LogP contribution in [-0.2, 0) is 14.8 Å². The summed E-state index contributed by atoms with van der Waals surface area (Å²) in [6.07, 6.45) is 5.26. The molecule has 0 aliphatic carbocycles. The molecule has 6 nitrogen and oxygen atoms in total. The highest BCUT2D eigenvalue weighted by Gasteiger charge is 2.18. The topological polar surface area (TPSA) is 84.5 Å². The Morgan fingerprint density at radius 3 is 2.83 bits per heavy atom. The van der Waals surface area contributed by atoms with Crippen LogP contribution in [0.15, 0.2) is 18.2 Å². The van der Waals surface area contributed by atoms with Crippen molar-refractivity contribution in [3.63, 3.8) is 0 Å². The molecule has 1 aliphatic heterocycles. The van der Waals surface area contributed by atoms with Crippen LogP contribution in [0.5, 0.6) is 0 Å². The molecule has 8 heteroatoms. The highest BCUT2D eigenvalue weighted by atomic mass is 35.5. The van der Waals surface area contributed by atoms with Gasteiger partial charge in [-0.3, -0.25) is 9.52 Å². The molecule has 0 saturated carbocycles. The van der Waals surface area contributed by atoms with Crippen molar-refractivity contribution in [1.82, 2.24) is 5.32 Å². The number of sulfonamides is 1. The molecule has 1 aliphatic rings. The maximum Gasteiger partial charge on any atom is 0.251 e. The lowest BCUT2D eigenvalue weighted by Gasteiger charge is -2.17. The third-order valence-corrected chi connectivity index (χ3v) is 4.77. The molecule has 2 rings (SSSR count). The fraction of sp³-hybridized carbons (Fsp3) is 0.562. The standard InChI is InChI=1S/C16H23ClN2O4S/c1-11(5-7-13-4-3-9-23-13)18-16(20)12-6-8-14(17)15(10-12)19-24(2,21)22/h6,8,10-11,13,19H,3-5,7,9H2,1-2H3,(H,18,20)/t11-,13+/m0/s1. The number of hydrogen-bond donors (Lipinski definition) is 2. The maximum absolute atomic E-state index is 12.3. The number of carbonyl (C=O) groups excluding carboxylic acids is 1. The van der Waals surface area contributed by atoms with Gasteiger partial charge in [0.2, 0.25) is 10.0 Å². The summed E-state index contributed by atoms with van der Waals surface area (Å²) in [5.74, 6) is -0.261. The average Bonchev–Trinajstić information content (AvgIpc) is 2.99. The molecule has 24 heavy (non-hydrogen) atoms. The summed E-state index contributed by atoms with van der Waals surface area (Å²) in [6, 6.07) is 4.51. The van der Waals surface area contributed by atoms with Crippen LogP contribution < -0.4 is 10.0 Å². The zero-order chi connectivity index (χ0) is 17.7. The van der Waals surface area contributed by atoms with Crippen molar-refractivity contribution in [2.45, 2.75) is 44.8 Å². The number of rotatable bonds is 7. The molecule has 134 valence electrons. The van der Waals surface area contributed by atoms with Crippen molar-refractivity contribution in [2.75, 3.05) is 17.6 Å². The van der Waals surface area contributed by atoms with Crippen molar-refractivity contribution in [2.24, 2.45) is 0 Å². The minimum Gasteiger partial charge on any atom is -0.378 e. The number of ether oxygens (including phenoxy) is 1. The number of hydrogen-bond acceptors (Lipinski definition) is 4. The lowest BCUT2D eigenvalue weighted by atomic mass is 10.1. The SMILES string of the molecule is C[C@@H](CC[C@H]1CCCO1)NC(=O)c1ccc(Cl)c(NS(C)(=O)=O)c1. The van der Waals surface area contributed by atoms with Gasteiger partial charge in [-0.15, -0.1) is 0 Å². The largest absolute Gasteiger partial charge is 0.378 e. The first-order chi connectivity index (χ1) is 11.2. The average molecular weight is 375 g/mol. The summed E-state index contributed by atoms with van der Waals surface area (Å²) in [7, 11) is -3.46. The molecule has 1 amide bonds. The van der Waals surface area contributed by atoms with Gasteiger partial charge in [-0.1, -0.05) is 11.6 Å². The van der Waals surface area contributed by atoms with Crippen LogP contribution in [0.3, 0.4) is 0 Å².